The molecule has 31 heavy (non-hydrogen) atoms. The van der Waals surface area contributed by atoms with E-state index in [2.05, 4.69) is 15.2 Å². The first-order valence-corrected chi connectivity index (χ1v) is 10.9. The van der Waals surface area contributed by atoms with Crippen molar-refractivity contribution in [3.05, 3.63) is 52.1 Å². The van der Waals surface area contributed by atoms with Crippen LogP contribution >= 0.6 is 0 Å². The van der Waals surface area contributed by atoms with Gasteiger partial charge in [0.2, 0.25) is 5.78 Å². The Morgan fingerprint density at radius 3 is 2.61 bits per heavy atom. The zero-order valence-electron chi connectivity index (χ0n) is 17.7. The van der Waals surface area contributed by atoms with Crippen molar-refractivity contribution < 1.29 is 14.8 Å². The highest BCUT2D eigenvalue weighted by atomic mass is 16.6. The summed E-state index contributed by atoms with van der Waals surface area (Å²) >= 11 is 0. The molecular weight excluding hydrogens is 398 g/mol. The zero-order valence-corrected chi connectivity index (χ0v) is 17.7. The van der Waals surface area contributed by atoms with Crippen LogP contribution in [0.25, 0.3) is 0 Å². The molecule has 166 valence electrons. The third-order valence-electron chi connectivity index (χ3n) is 6.53. The maximum absolute atomic E-state index is 12.7. The van der Waals surface area contributed by atoms with Crippen molar-refractivity contribution in [3.63, 3.8) is 0 Å². The van der Waals surface area contributed by atoms with Gasteiger partial charge in [0.25, 0.3) is 5.69 Å². The highest BCUT2D eigenvalue weighted by Crippen LogP contribution is 2.30. The smallest absolute Gasteiger partial charge is 0.293 e. The molecule has 1 saturated heterocycles. The van der Waals surface area contributed by atoms with E-state index in [1.807, 2.05) is 0 Å². The minimum absolute atomic E-state index is 0.106. The number of nitrogens with zero attached hydrogens (tertiary/aromatic N) is 4. The van der Waals surface area contributed by atoms with Crippen LogP contribution in [0.1, 0.15) is 54.7 Å². The SMILES string of the molecule is Cn1ccnc1C(=O)c1ccc(NC2CCN(C3CCCCC3O)CC2)c([N+](=O)[O-])c1. The number of aliphatic hydroxyl groups is 1. The Kier molecular flexibility index (Phi) is 6.33. The van der Waals surface area contributed by atoms with Gasteiger partial charge in [-0.15, -0.1) is 0 Å². The number of carbonyl (C=O) groups excluding carboxylic acids is 1. The average molecular weight is 428 g/mol. The zero-order chi connectivity index (χ0) is 22.0. The second-order valence-corrected chi connectivity index (χ2v) is 8.55. The molecule has 9 nitrogen and oxygen atoms in total. The molecule has 0 amide bonds. The summed E-state index contributed by atoms with van der Waals surface area (Å²) in [6.07, 6.45) is 8.82. The van der Waals surface area contributed by atoms with Crippen molar-refractivity contribution in [2.75, 3.05) is 18.4 Å². The molecule has 1 saturated carbocycles. The number of hydrogen-bond donors (Lipinski definition) is 2. The Bertz CT molecular complexity index is 951. The van der Waals surface area contributed by atoms with Crippen LogP contribution in [0.15, 0.2) is 30.6 Å². The number of anilines is 1. The number of imidazole rings is 1. The Balaban J connectivity index is 1.43. The Morgan fingerprint density at radius 1 is 1.23 bits per heavy atom. The van der Waals surface area contributed by atoms with Crippen LogP contribution in [-0.2, 0) is 7.05 Å². The summed E-state index contributed by atoms with van der Waals surface area (Å²) in [5, 5.41) is 25.3. The van der Waals surface area contributed by atoms with Crippen LogP contribution in [0.5, 0.6) is 0 Å². The first kappa shape index (κ1) is 21.5. The van der Waals surface area contributed by atoms with E-state index in [-0.39, 0.29) is 41.0 Å². The van der Waals surface area contributed by atoms with Crippen molar-refractivity contribution >= 4 is 17.2 Å². The van der Waals surface area contributed by atoms with Gasteiger partial charge in [0.1, 0.15) is 5.69 Å². The molecule has 2 fully saturated rings. The molecule has 0 bridgehead atoms. The summed E-state index contributed by atoms with van der Waals surface area (Å²) in [7, 11) is 1.71. The van der Waals surface area contributed by atoms with Crippen LogP contribution in [0.4, 0.5) is 11.4 Å². The molecule has 4 rings (SSSR count). The molecule has 2 heterocycles. The summed E-state index contributed by atoms with van der Waals surface area (Å²) in [5.41, 5.74) is 0.565. The summed E-state index contributed by atoms with van der Waals surface area (Å²) in [6.45, 7) is 1.73. The van der Waals surface area contributed by atoms with E-state index < -0.39 is 4.92 Å². The second-order valence-electron chi connectivity index (χ2n) is 8.55. The quantitative estimate of drug-likeness (QED) is 0.414. The van der Waals surface area contributed by atoms with Gasteiger partial charge in [0, 0.05) is 56.2 Å². The maximum Gasteiger partial charge on any atom is 0.293 e. The third kappa shape index (κ3) is 4.62. The van der Waals surface area contributed by atoms with Crippen molar-refractivity contribution in [3.8, 4) is 0 Å². The predicted molar refractivity (Wildman–Crippen MR) is 116 cm³/mol. The highest BCUT2D eigenvalue weighted by molar-refractivity contribution is 6.07. The molecule has 0 spiro atoms. The van der Waals surface area contributed by atoms with Gasteiger partial charge in [-0.2, -0.15) is 0 Å². The molecule has 2 unspecified atom stereocenters. The lowest BCUT2D eigenvalue weighted by Gasteiger charge is -2.41. The number of aromatic nitrogens is 2. The Hall–Kier alpha value is -2.78. The molecule has 1 aromatic heterocycles. The Morgan fingerprint density at radius 2 is 1.97 bits per heavy atom. The van der Waals surface area contributed by atoms with Crippen molar-refractivity contribution in [1.82, 2.24) is 14.5 Å². The number of benzene rings is 1. The minimum atomic E-state index is -0.453. The van der Waals surface area contributed by atoms with E-state index in [0.29, 0.717) is 5.69 Å². The topological polar surface area (TPSA) is 114 Å². The number of aliphatic hydroxyl groups excluding tert-OH is 1. The van der Waals surface area contributed by atoms with Gasteiger partial charge in [-0.25, -0.2) is 4.98 Å². The van der Waals surface area contributed by atoms with Gasteiger partial charge in [-0.05, 0) is 37.8 Å². The van der Waals surface area contributed by atoms with E-state index in [4.69, 9.17) is 0 Å². The maximum atomic E-state index is 12.7. The summed E-state index contributed by atoms with van der Waals surface area (Å²) in [4.78, 5) is 30.3. The van der Waals surface area contributed by atoms with Crippen molar-refractivity contribution in [2.24, 2.45) is 7.05 Å². The number of likely N-dealkylation sites (tertiary alicyclic amines) is 1. The molecule has 2 aromatic rings. The number of piperidine rings is 1. The first-order valence-electron chi connectivity index (χ1n) is 10.9. The van der Waals surface area contributed by atoms with Gasteiger partial charge >= 0.3 is 0 Å². The third-order valence-corrected chi connectivity index (χ3v) is 6.53. The molecule has 1 aromatic carbocycles. The molecule has 9 heteroatoms. The number of rotatable bonds is 6. The number of nitrogens with one attached hydrogen (secondary N) is 1. The van der Waals surface area contributed by atoms with Crippen LogP contribution < -0.4 is 5.32 Å². The first-order chi connectivity index (χ1) is 14.9. The fourth-order valence-electron chi connectivity index (χ4n) is 4.77. The summed E-state index contributed by atoms with van der Waals surface area (Å²) in [5.74, 6) is -0.103. The molecule has 2 atom stereocenters. The standard InChI is InChI=1S/C22H29N5O4/c1-25-13-10-23-22(25)21(29)15-6-7-17(19(14-15)27(30)31)24-16-8-11-26(12-9-16)18-4-2-3-5-20(18)28/h6-7,10,13-14,16,18,20,24,28H,2-5,8-9,11-12H2,1H3. The molecule has 1 aliphatic heterocycles. The lowest BCUT2D eigenvalue weighted by molar-refractivity contribution is -0.384. The summed E-state index contributed by atoms with van der Waals surface area (Å²) in [6, 6.07) is 4.91. The van der Waals surface area contributed by atoms with Crippen LogP contribution in [-0.4, -0.2) is 61.5 Å². The van der Waals surface area contributed by atoms with Gasteiger partial charge in [0.15, 0.2) is 5.82 Å². The van der Waals surface area contributed by atoms with Gasteiger partial charge in [-0.3, -0.25) is 19.8 Å². The molecule has 2 aliphatic rings. The molecule has 2 N–H and O–H groups in total. The van der Waals surface area contributed by atoms with Gasteiger partial charge in [0.05, 0.1) is 11.0 Å². The largest absolute Gasteiger partial charge is 0.391 e. The van der Waals surface area contributed by atoms with Crippen molar-refractivity contribution in [2.45, 2.75) is 56.7 Å². The number of nitro benzene ring substituents is 1. The number of ketones is 1. The van der Waals surface area contributed by atoms with E-state index >= 15 is 0 Å². The van der Waals surface area contributed by atoms with Crippen LogP contribution in [0.2, 0.25) is 0 Å². The Labute approximate surface area is 181 Å². The van der Waals surface area contributed by atoms with Crippen LogP contribution in [0.3, 0.4) is 0 Å². The van der Waals surface area contributed by atoms with E-state index in [1.165, 1.54) is 12.3 Å². The number of aryl methyl sites for hydroxylation is 1. The van der Waals surface area contributed by atoms with Crippen molar-refractivity contribution in [1.29, 1.82) is 0 Å². The second kappa shape index (κ2) is 9.15. The highest BCUT2D eigenvalue weighted by Gasteiger charge is 2.32. The molecule has 1 aliphatic carbocycles. The average Bonchev–Trinajstić information content (AvgIpc) is 3.20. The number of nitro groups is 1. The van der Waals surface area contributed by atoms with E-state index in [0.717, 1.165) is 51.6 Å². The summed E-state index contributed by atoms with van der Waals surface area (Å²) < 4.78 is 1.59. The lowest BCUT2D eigenvalue weighted by Crippen LogP contribution is -2.50. The predicted octanol–water partition coefficient (Wildman–Crippen LogP) is 2.74. The minimum Gasteiger partial charge on any atom is -0.391 e. The van der Waals surface area contributed by atoms with E-state index in [1.54, 1.807) is 29.9 Å². The fraction of sp³-hybridized carbons (Fsp3) is 0.545. The van der Waals surface area contributed by atoms with Gasteiger partial charge < -0.3 is 15.0 Å². The number of carbonyl (C=O) groups is 1. The lowest BCUT2D eigenvalue weighted by atomic mass is 9.89. The normalized spacial score (nSPS) is 22.9. The molecular formula is C22H29N5O4. The monoisotopic (exact) mass is 427 g/mol. The fourth-order valence-corrected chi connectivity index (χ4v) is 4.77. The van der Waals surface area contributed by atoms with Gasteiger partial charge in [-0.1, -0.05) is 12.8 Å². The van der Waals surface area contributed by atoms with E-state index in [9.17, 15) is 20.0 Å². The molecule has 0 radical (unpaired) electrons. The van der Waals surface area contributed by atoms with Crippen LogP contribution in [0, 0.1) is 10.1 Å². The number of hydrogen-bond acceptors (Lipinski definition) is 7.